The van der Waals surface area contributed by atoms with Gasteiger partial charge in [0.1, 0.15) is 5.82 Å². The Balaban J connectivity index is 1.51. The number of hydrogen-bond donors (Lipinski definition) is 1. The highest BCUT2D eigenvalue weighted by Crippen LogP contribution is 2.21. The molecule has 136 valence electrons. The highest BCUT2D eigenvalue weighted by Gasteiger charge is 2.13. The van der Waals surface area contributed by atoms with Crippen LogP contribution in [0.2, 0.25) is 0 Å². The molecule has 0 aliphatic heterocycles. The molecule has 8 heteroatoms. The van der Waals surface area contributed by atoms with Crippen LogP contribution in [0.1, 0.15) is 11.1 Å². The van der Waals surface area contributed by atoms with Gasteiger partial charge < -0.3 is 9.84 Å². The Bertz CT molecular complexity index is 858. The molecule has 1 atom stereocenters. The first-order chi connectivity index (χ1) is 12.6. The number of nitrogens with zero attached hydrogens (tertiary/aromatic N) is 4. The SMILES string of the molecule is Cc1ccccc1-n1nnnc1SC[C@@H](O)COCc1ccccc1F. The molecule has 1 aromatic heterocycles. The number of rotatable bonds is 8. The lowest BCUT2D eigenvalue weighted by atomic mass is 10.2. The van der Waals surface area contributed by atoms with Crippen LogP contribution >= 0.6 is 11.8 Å². The molecule has 2 aromatic carbocycles. The van der Waals surface area contributed by atoms with Gasteiger partial charge in [-0.15, -0.1) is 5.10 Å². The van der Waals surface area contributed by atoms with Crippen molar-refractivity contribution >= 4 is 11.8 Å². The van der Waals surface area contributed by atoms with E-state index in [4.69, 9.17) is 4.74 Å². The first kappa shape index (κ1) is 18.5. The van der Waals surface area contributed by atoms with Crippen molar-refractivity contribution in [1.29, 1.82) is 0 Å². The highest BCUT2D eigenvalue weighted by molar-refractivity contribution is 7.99. The smallest absolute Gasteiger partial charge is 0.214 e. The second-order valence-corrected chi connectivity index (χ2v) is 6.72. The molecule has 6 nitrogen and oxygen atoms in total. The summed E-state index contributed by atoms with van der Waals surface area (Å²) in [6, 6.07) is 14.2. The van der Waals surface area contributed by atoms with Crippen molar-refractivity contribution in [1.82, 2.24) is 20.2 Å². The van der Waals surface area contributed by atoms with E-state index >= 15 is 0 Å². The number of ether oxygens (including phenoxy) is 1. The van der Waals surface area contributed by atoms with Crippen molar-refractivity contribution in [2.75, 3.05) is 12.4 Å². The summed E-state index contributed by atoms with van der Waals surface area (Å²) in [4.78, 5) is 0. The number of aliphatic hydroxyl groups is 1. The van der Waals surface area contributed by atoms with E-state index in [0.29, 0.717) is 16.5 Å². The molecule has 0 aliphatic rings. The summed E-state index contributed by atoms with van der Waals surface area (Å²) >= 11 is 1.34. The van der Waals surface area contributed by atoms with Crippen LogP contribution in [0.15, 0.2) is 53.7 Å². The van der Waals surface area contributed by atoms with Gasteiger partial charge in [-0.05, 0) is 35.0 Å². The lowest BCUT2D eigenvalue weighted by Gasteiger charge is -2.12. The third-order valence-corrected chi connectivity index (χ3v) is 4.78. The summed E-state index contributed by atoms with van der Waals surface area (Å²) in [7, 11) is 0. The van der Waals surface area contributed by atoms with Gasteiger partial charge in [-0.1, -0.05) is 48.2 Å². The van der Waals surface area contributed by atoms with Crippen LogP contribution in [-0.4, -0.2) is 43.8 Å². The number of hydrogen-bond acceptors (Lipinski definition) is 6. The van der Waals surface area contributed by atoms with Crippen molar-refractivity contribution in [3.05, 3.63) is 65.5 Å². The lowest BCUT2D eigenvalue weighted by molar-refractivity contribution is 0.0386. The Hall–Kier alpha value is -2.29. The molecule has 0 bridgehead atoms. The van der Waals surface area contributed by atoms with Crippen LogP contribution in [0.25, 0.3) is 5.69 Å². The van der Waals surface area contributed by atoms with Crippen molar-refractivity contribution in [3.63, 3.8) is 0 Å². The average molecular weight is 374 g/mol. The summed E-state index contributed by atoms with van der Waals surface area (Å²) in [6.45, 7) is 2.21. The first-order valence-corrected chi connectivity index (χ1v) is 9.10. The fraction of sp³-hybridized carbons (Fsp3) is 0.278. The minimum Gasteiger partial charge on any atom is -0.390 e. The number of halogens is 1. The van der Waals surface area contributed by atoms with Gasteiger partial charge in [0.05, 0.1) is 25.0 Å². The minimum absolute atomic E-state index is 0.104. The monoisotopic (exact) mass is 374 g/mol. The fourth-order valence-electron chi connectivity index (χ4n) is 2.36. The molecule has 0 radical (unpaired) electrons. The van der Waals surface area contributed by atoms with E-state index in [2.05, 4.69) is 15.5 Å². The molecule has 0 fully saturated rings. The van der Waals surface area contributed by atoms with Crippen LogP contribution in [0.5, 0.6) is 0 Å². The van der Waals surface area contributed by atoms with Gasteiger partial charge in [0.15, 0.2) is 0 Å². The largest absolute Gasteiger partial charge is 0.390 e. The normalized spacial score (nSPS) is 12.3. The third-order valence-electron chi connectivity index (χ3n) is 3.72. The molecule has 0 unspecified atom stereocenters. The Labute approximate surface area is 155 Å². The van der Waals surface area contributed by atoms with E-state index in [1.54, 1.807) is 22.9 Å². The molecule has 1 N–H and O–H groups in total. The molecular formula is C18H19FN4O2S. The summed E-state index contributed by atoms with van der Waals surface area (Å²) in [5.74, 6) is 0.0533. The highest BCUT2D eigenvalue weighted by atomic mass is 32.2. The fourth-order valence-corrected chi connectivity index (χ4v) is 3.15. The van der Waals surface area contributed by atoms with E-state index < -0.39 is 6.10 Å². The number of aryl methyl sites for hydroxylation is 1. The molecule has 3 rings (SSSR count). The maximum atomic E-state index is 13.5. The van der Waals surface area contributed by atoms with E-state index in [-0.39, 0.29) is 19.0 Å². The predicted octanol–water partition coefficient (Wildman–Crippen LogP) is 2.78. The molecule has 0 saturated carbocycles. The van der Waals surface area contributed by atoms with Gasteiger partial charge in [0.2, 0.25) is 5.16 Å². The molecule has 0 aliphatic carbocycles. The Kier molecular flexibility index (Phi) is 6.32. The first-order valence-electron chi connectivity index (χ1n) is 8.11. The Morgan fingerprint density at radius 2 is 1.96 bits per heavy atom. The topological polar surface area (TPSA) is 73.1 Å². The van der Waals surface area contributed by atoms with Gasteiger partial charge in [-0.2, -0.15) is 4.68 Å². The number of aromatic nitrogens is 4. The Morgan fingerprint density at radius 3 is 2.77 bits per heavy atom. The maximum Gasteiger partial charge on any atom is 0.214 e. The summed E-state index contributed by atoms with van der Waals surface area (Å²) in [5.41, 5.74) is 2.41. The molecule has 0 amide bonds. The van der Waals surface area contributed by atoms with Gasteiger partial charge >= 0.3 is 0 Å². The summed E-state index contributed by atoms with van der Waals surface area (Å²) in [6.07, 6.45) is -0.714. The number of benzene rings is 2. The zero-order chi connectivity index (χ0) is 18.4. The molecule has 0 saturated heterocycles. The van der Waals surface area contributed by atoms with Crippen LogP contribution in [0.3, 0.4) is 0 Å². The maximum absolute atomic E-state index is 13.5. The van der Waals surface area contributed by atoms with Gasteiger partial charge in [0, 0.05) is 11.3 Å². The van der Waals surface area contributed by atoms with Crippen molar-refractivity contribution in [2.24, 2.45) is 0 Å². The van der Waals surface area contributed by atoms with E-state index in [1.807, 2.05) is 31.2 Å². The van der Waals surface area contributed by atoms with E-state index in [1.165, 1.54) is 17.8 Å². The molecular weight excluding hydrogens is 355 g/mol. The Morgan fingerprint density at radius 1 is 1.19 bits per heavy atom. The van der Waals surface area contributed by atoms with Crippen LogP contribution in [0, 0.1) is 12.7 Å². The quantitative estimate of drug-likeness (QED) is 0.611. The van der Waals surface area contributed by atoms with Crippen LogP contribution in [-0.2, 0) is 11.3 Å². The van der Waals surface area contributed by atoms with Crippen molar-refractivity contribution in [2.45, 2.75) is 24.8 Å². The second kappa shape index (κ2) is 8.88. The lowest BCUT2D eigenvalue weighted by Crippen LogP contribution is -2.18. The minimum atomic E-state index is -0.714. The average Bonchev–Trinajstić information content (AvgIpc) is 3.10. The standard InChI is InChI=1S/C18H19FN4O2S/c1-13-6-2-5-9-17(13)23-18(20-21-22-23)26-12-15(24)11-25-10-14-7-3-4-8-16(14)19/h2-9,15,24H,10-12H2,1H3/t15-/m0/s1. The van der Waals surface area contributed by atoms with Crippen molar-refractivity contribution < 1.29 is 14.2 Å². The third kappa shape index (κ3) is 4.66. The second-order valence-electron chi connectivity index (χ2n) is 5.73. The summed E-state index contributed by atoms with van der Waals surface area (Å²) in [5, 5.41) is 22.4. The van der Waals surface area contributed by atoms with E-state index in [9.17, 15) is 9.50 Å². The molecule has 26 heavy (non-hydrogen) atoms. The van der Waals surface area contributed by atoms with Crippen LogP contribution in [0.4, 0.5) is 4.39 Å². The number of thioether (sulfide) groups is 1. The number of para-hydroxylation sites is 1. The summed E-state index contributed by atoms with van der Waals surface area (Å²) < 4.78 is 20.6. The predicted molar refractivity (Wildman–Crippen MR) is 96.7 cm³/mol. The molecule has 1 heterocycles. The van der Waals surface area contributed by atoms with Gasteiger partial charge in [0.25, 0.3) is 0 Å². The molecule has 3 aromatic rings. The van der Waals surface area contributed by atoms with E-state index in [0.717, 1.165) is 11.3 Å². The number of aliphatic hydroxyl groups excluding tert-OH is 1. The van der Waals surface area contributed by atoms with Gasteiger partial charge in [-0.25, -0.2) is 4.39 Å². The van der Waals surface area contributed by atoms with Crippen LogP contribution < -0.4 is 0 Å². The zero-order valence-corrected chi connectivity index (χ0v) is 15.1. The zero-order valence-electron chi connectivity index (χ0n) is 14.2. The number of tetrazole rings is 1. The molecule has 0 spiro atoms. The van der Waals surface area contributed by atoms with Crippen molar-refractivity contribution in [3.8, 4) is 5.69 Å². The van der Waals surface area contributed by atoms with Gasteiger partial charge in [-0.3, -0.25) is 0 Å².